The minimum Gasteiger partial charge on any atom is -0.381 e. The minimum atomic E-state index is -3.62. The van der Waals surface area contributed by atoms with Crippen molar-refractivity contribution in [3.63, 3.8) is 0 Å². The molecule has 1 fully saturated rings. The third kappa shape index (κ3) is 2.32. The molecule has 3 rings (SSSR count). The molecule has 0 spiro atoms. The van der Waals surface area contributed by atoms with Gasteiger partial charge in [0.05, 0.1) is 0 Å². The number of nitrogens with two attached hydrogens (primary N) is 1. The molecule has 3 N–H and O–H groups in total. The Kier molecular flexibility index (Phi) is 3.47. The number of nitrogens with zero attached hydrogens (tertiary/aromatic N) is 2. The maximum absolute atomic E-state index is 12.4. The highest BCUT2D eigenvalue weighted by atomic mass is 32.2. The SMILES string of the molecule is CC1CCCC1CNS(=O)(=O)c1c(N)nc2sccn12. The highest BCUT2D eigenvalue weighted by Gasteiger charge is 2.28. The second kappa shape index (κ2) is 5.01. The minimum absolute atomic E-state index is 0.0550. The Morgan fingerprint density at radius 3 is 3.05 bits per heavy atom. The molecule has 0 bridgehead atoms. The van der Waals surface area contributed by atoms with Crippen LogP contribution in [0, 0.1) is 11.8 Å². The summed E-state index contributed by atoms with van der Waals surface area (Å²) < 4.78 is 29.1. The van der Waals surface area contributed by atoms with E-state index in [1.807, 2.05) is 0 Å². The topological polar surface area (TPSA) is 89.5 Å². The maximum atomic E-state index is 12.4. The number of hydrogen-bond donors (Lipinski definition) is 2. The summed E-state index contributed by atoms with van der Waals surface area (Å²) in [6.07, 6.45) is 5.11. The molecule has 2 aromatic heterocycles. The summed E-state index contributed by atoms with van der Waals surface area (Å²) in [6, 6.07) is 0. The number of fused-ring (bicyclic) bond motifs is 1. The van der Waals surface area contributed by atoms with Gasteiger partial charge < -0.3 is 5.73 Å². The van der Waals surface area contributed by atoms with Crippen LogP contribution in [0.2, 0.25) is 0 Å². The lowest BCUT2D eigenvalue weighted by Crippen LogP contribution is -2.31. The molecule has 0 aromatic carbocycles. The summed E-state index contributed by atoms with van der Waals surface area (Å²) in [4.78, 5) is 4.67. The smallest absolute Gasteiger partial charge is 0.260 e. The fraction of sp³-hybridized carbons (Fsp3) is 0.583. The van der Waals surface area contributed by atoms with Gasteiger partial charge in [0.1, 0.15) is 0 Å². The Labute approximate surface area is 122 Å². The molecule has 1 aliphatic rings. The van der Waals surface area contributed by atoms with Crippen LogP contribution in [0.4, 0.5) is 5.82 Å². The second-order valence-electron chi connectivity index (χ2n) is 5.38. The molecule has 0 amide bonds. The highest BCUT2D eigenvalue weighted by molar-refractivity contribution is 7.89. The Hall–Kier alpha value is -1.12. The first kappa shape index (κ1) is 13.8. The summed E-state index contributed by atoms with van der Waals surface area (Å²) in [5.41, 5.74) is 5.75. The number of aromatic nitrogens is 2. The van der Waals surface area contributed by atoms with E-state index in [2.05, 4.69) is 16.6 Å². The molecule has 2 atom stereocenters. The molecular formula is C12H18N4O2S2. The third-order valence-electron chi connectivity index (χ3n) is 4.07. The summed E-state index contributed by atoms with van der Waals surface area (Å²) in [7, 11) is -3.62. The van der Waals surface area contributed by atoms with E-state index in [0.29, 0.717) is 23.3 Å². The summed E-state index contributed by atoms with van der Waals surface area (Å²) >= 11 is 1.36. The van der Waals surface area contributed by atoms with Crippen molar-refractivity contribution >= 4 is 32.1 Å². The van der Waals surface area contributed by atoms with E-state index in [1.165, 1.54) is 28.6 Å². The fourth-order valence-corrected chi connectivity index (χ4v) is 4.94. The van der Waals surface area contributed by atoms with Crippen molar-refractivity contribution in [3.8, 4) is 0 Å². The molecule has 2 aromatic rings. The van der Waals surface area contributed by atoms with Crippen LogP contribution in [0.5, 0.6) is 0 Å². The number of anilines is 1. The third-order valence-corrected chi connectivity index (χ3v) is 6.29. The number of nitrogens with one attached hydrogen (secondary N) is 1. The summed E-state index contributed by atoms with van der Waals surface area (Å²) in [5, 5.41) is 1.85. The molecule has 0 saturated heterocycles. The summed E-state index contributed by atoms with van der Waals surface area (Å²) in [5.74, 6) is 1.04. The molecule has 0 radical (unpaired) electrons. The van der Waals surface area contributed by atoms with Crippen LogP contribution < -0.4 is 10.5 Å². The van der Waals surface area contributed by atoms with Gasteiger partial charge in [0.2, 0.25) is 0 Å². The van der Waals surface area contributed by atoms with E-state index in [1.54, 1.807) is 11.6 Å². The fourth-order valence-electron chi connectivity index (χ4n) is 2.86. The average Bonchev–Trinajstić information content (AvgIpc) is 3.02. The van der Waals surface area contributed by atoms with Gasteiger partial charge in [0.25, 0.3) is 10.0 Å². The molecule has 2 unspecified atom stereocenters. The van der Waals surface area contributed by atoms with Crippen LogP contribution in [0.15, 0.2) is 16.6 Å². The monoisotopic (exact) mass is 314 g/mol. The number of thiazole rings is 1. The lowest BCUT2D eigenvalue weighted by atomic mass is 9.99. The first-order valence-electron chi connectivity index (χ1n) is 6.70. The van der Waals surface area contributed by atoms with Crippen molar-refractivity contribution in [3.05, 3.63) is 11.6 Å². The van der Waals surface area contributed by atoms with Gasteiger partial charge in [-0.2, -0.15) is 0 Å². The van der Waals surface area contributed by atoms with Crippen molar-refractivity contribution in [2.45, 2.75) is 31.2 Å². The highest BCUT2D eigenvalue weighted by Crippen LogP contribution is 2.31. The van der Waals surface area contributed by atoms with Crippen LogP contribution in [-0.4, -0.2) is 24.3 Å². The number of rotatable bonds is 4. The van der Waals surface area contributed by atoms with Crippen LogP contribution in [0.1, 0.15) is 26.2 Å². The van der Waals surface area contributed by atoms with Gasteiger partial charge in [0, 0.05) is 18.1 Å². The Balaban J connectivity index is 1.84. The van der Waals surface area contributed by atoms with Gasteiger partial charge in [-0.15, -0.1) is 11.3 Å². The number of hydrogen-bond acceptors (Lipinski definition) is 5. The van der Waals surface area contributed by atoms with E-state index < -0.39 is 10.0 Å². The zero-order chi connectivity index (χ0) is 14.3. The average molecular weight is 314 g/mol. The van der Waals surface area contributed by atoms with Crippen LogP contribution in [0.3, 0.4) is 0 Å². The molecule has 20 heavy (non-hydrogen) atoms. The molecule has 110 valence electrons. The van der Waals surface area contributed by atoms with E-state index in [-0.39, 0.29) is 10.8 Å². The van der Waals surface area contributed by atoms with Crippen LogP contribution >= 0.6 is 11.3 Å². The van der Waals surface area contributed by atoms with Crippen LogP contribution in [0.25, 0.3) is 4.96 Å². The lowest BCUT2D eigenvalue weighted by Gasteiger charge is -2.15. The Bertz CT molecular complexity index is 719. The van der Waals surface area contributed by atoms with Crippen molar-refractivity contribution in [1.82, 2.24) is 14.1 Å². The van der Waals surface area contributed by atoms with Gasteiger partial charge in [-0.3, -0.25) is 4.40 Å². The lowest BCUT2D eigenvalue weighted by molar-refractivity contribution is 0.414. The molecule has 1 aliphatic carbocycles. The van der Waals surface area contributed by atoms with E-state index in [4.69, 9.17) is 5.73 Å². The largest absolute Gasteiger partial charge is 0.381 e. The van der Waals surface area contributed by atoms with E-state index >= 15 is 0 Å². The van der Waals surface area contributed by atoms with Gasteiger partial charge in [0.15, 0.2) is 15.8 Å². The van der Waals surface area contributed by atoms with E-state index in [0.717, 1.165) is 6.42 Å². The van der Waals surface area contributed by atoms with Gasteiger partial charge in [-0.1, -0.05) is 19.8 Å². The predicted molar refractivity (Wildman–Crippen MR) is 79.2 cm³/mol. The van der Waals surface area contributed by atoms with Crippen LogP contribution in [-0.2, 0) is 10.0 Å². The quantitative estimate of drug-likeness (QED) is 0.898. The Morgan fingerprint density at radius 2 is 2.35 bits per heavy atom. The molecule has 0 aliphatic heterocycles. The number of nitrogen functional groups attached to an aromatic ring is 1. The summed E-state index contributed by atoms with van der Waals surface area (Å²) in [6.45, 7) is 2.65. The van der Waals surface area contributed by atoms with Crippen molar-refractivity contribution in [1.29, 1.82) is 0 Å². The van der Waals surface area contributed by atoms with Gasteiger partial charge in [-0.25, -0.2) is 18.1 Å². The van der Waals surface area contributed by atoms with Gasteiger partial charge >= 0.3 is 0 Å². The number of sulfonamides is 1. The maximum Gasteiger partial charge on any atom is 0.260 e. The molecular weight excluding hydrogens is 296 g/mol. The number of imidazole rings is 1. The van der Waals surface area contributed by atoms with E-state index in [9.17, 15) is 8.42 Å². The zero-order valence-electron chi connectivity index (χ0n) is 11.2. The van der Waals surface area contributed by atoms with Crippen molar-refractivity contribution in [2.75, 3.05) is 12.3 Å². The van der Waals surface area contributed by atoms with Gasteiger partial charge in [-0.05, 0) is 18.3 Å². The Morgan fingerprint density at radius 1 is 1.55 bits per heavy atom. The molecule has 8 heteroatoms. The molecule has 1 saturated carbocycles. The normalized spacial score (nSPS) is 23.6. The zero-order valence-corrected chi connectivity index (χ0v) is 12.9. The first-order valence-corrected chi connectivity index (χ1v) is 9.06. The molecule has 2 heterocycles. The standard InChI is InChI=1S/C12H18N4O2S2/c1-8-3-2-4-9(8)7-14-20(17,18)11-10(13)15-12-16(11)5-6-19-12/h5-6,8-9,14H,2-4,7,13H2,1H3. The second-order valence-corrected chi connectivity index (χ2v) is 7.93. The van der Waals surface area contributed by atoms with Crippen molar-refractivity contribution in [2.24, 2.45) is 11.8 Å². The molecule has 6 nitrogen and oxygen atoms in total. The van der Waals surface area contributed by atoms with Crippen molar-refractivity contribution < 1.29 is 8.42 Å². The predicted octanol–water partition coefficient (Wildman–Crippen LogP) is 1.69. The first-order chi connectivity index (χ1) is 9.49.